The number of benzene rings is 1. The fraction of sp³-hybridized carbons (Fsp3) is 0.500. The second kappa shape index (κ2) is 2.75. The van der Waals surface area contributed by atoms with Crippen LogP contribution in [0.1, 0.15) is 30.4 Å². The van der Waals surface area contributed by atoms with Crippen LogP contribution in [0.5, 0.6) is 5.75 Å². The zero-order valence-electron chi connectivity index (χ0n) is 8.27. The van der Waals surface area contributed by atoms with E-state index in [1.54, 1.807) is 7.11 Å². The molecule has 0 aromatic heterocycles. The molecule has 0 amide bonds. The molecular formula is C12H13BrO. The summed E-state index contributed by atoms with van der Waals surface area (Å²) in [5.74, 6) is 1.10. The number of methoxy groups -OCH3 is 1. The van der Waals surface area contributed by atoms with Crippen LogP contribution in [-0.2, 0) is 11.8 Å². The van der Waals surface area contributed by atoms with E-state index in [-0.39, 0.29) is 0 Å². The molecule has 14 heavy (non-hydrogen) atoms. The van der Waals surface area contributed by atoms with Crippen molar-refractivity contribution in [2.24, 2.45) is 0 Å². The van der Waals surface area contributed by atoms with Gasteiger partial charge in [-0.1, -0.05) is 15.9 Å². The van der Waals surface area contributed by atoms with Gasteiger partial charge in [-0.25, -0.2) is 0 Å². The van der Waals surface area contributed by atoms with Gasteiger partial charge in [-0.15, -0.1) is 0 Å². The number of halogens is 1. The van der Waals surface area contributed by atoms with Crippen molar-refractivity contribution < 1.29 is 4.74 Å². The molecule has 0 bridgehead atoms. The van der Waals surface area contributed by atoms with E-state index in [1.807, 2.05) is 0 Å². The SMILES string of the molecule is COc1ccc(Br)c2c1C1(CC2)CC1. The summed E-state index contributed by atoms with van der Waals surface area (Å²) in [5.41, 5.74) is 3.49. The Morgan fingerprint density at radius 3 is 2.71 bits per heavy atom. The van der Waals surface area contributed by atoms with Gasteiger partial charge in [0, 0.05) is 10.0 Å². The summed E-state index contributed by atoms with van der Waals surface area (Å²) in [6, 6.07) is 4.20. The third-order valence-corrected chi connectivity index (χ3v) is 4.42. The lowest BCUT2D eigenvalue weighted by Crippen LogP contribution is -2.02. The lowest BCUT2D eigenvalue weighted by molar-refractivity contribution is 0.405. The summed E-state index contributed by atoms with van der Waals surface area (Å²) < 4.78 is 6.73. The molecule has 2 aliphatic rings. The van der Waals surface area contributed by atoms with Crippen molar-refractivity contribution in [2.45, 2.75) is 31.1 Å². The number of fused-ring (bicyclic) bond motifs is 2. The third kappa shape index (κ3) is 1.01. The molecule has 1 spiro atoms. The minimum absolute atomic E-state index is 0.504. The Morgan fingerprint density at radius 1 is 1.29 bits per heavy atom. The Hall–Kier alpha value is -0.500. The van der Waals surface area contributed by atoms with E-state index < -0.39 is 0 Å². The molecule has 0 saturated heterocycles. The first-order chi connectivity index (χ1) is 6.77. The second-order valence-electron chi connectivity index (χ2n) is 4.38. The molecule has 0 N–H and O–H groups in total. The standard InChI is InChI=1S/C12H13BrO/c1-14-10-3-2-9(13)8-4-5-12(6-7-12)11(8)10/h2-3H,4-7H2,1H3. The van der Waals surface area contributed by atoms with Crippen molar-refractivity contribution in [2.75, 3.05) is 7.11 Å². The van der Waals surface area contributed by atoms with Gasteiger partial charge >= 0.3 is 0 Å². The summed E-state index contributed by atoms with van der Waals surface area (Å²) in [4.78, 5) is 0. The molecule has 0 unspecified atom stereocenters. The summed E-state index contributed by atoms with van der Waals surface area (Å²) in [7, 11) is 1.78. The maximum atomic E-state index is 5.47. The van der Waals surface area contributed by atoms with Crippen molar-refractivity contribution in [1.82, 2.24) is 0 Å². The molecule has 1 saturated carbocycles. The van der Waals surface area contributed by atoms with Crippen LogP contribution in [0.2, 0.25) is 0 Å². The minimum Gasteiger partial charge on any atom is -0.496 e. The Kier molecular flexibility index (Phi) is 1.73. The van der Waals surface area contributed by atoms with Gasteiger partial charge in [-0.3, -0.25) is 0 Å². The Labute approximate surface area is 92.6 Å². The largest absolute Gasteiger partial charge is 0.496 e. The van der Waals surface area contributed by atoms with Crippen molar-refractivity contribution in [3.8, 4) is 5.75 Å². The predicted molar refractivity (Wildman–Crippen MR) is 59.9 cm³/mol. The molecular weight excluding hydrogens is 240 g/mol. The van der Waals surface area contributed by atoms with E-state index in [2.05, 4.69) is 28.1 Å². The van der Waals surface area contributed by atoms with Crippen molar-refractivity contribution >= 4 is 15.9 Å². The molecule has 2 heteroatoms. The summed E-state index contributed by atoms with van der Waals surface area (Å²) >= 11 is 3.63. The van der Waals surface area contributed by atoms with Crippen LogP contribution in [-0.4, -0.2) is 7.11 Å². The van der Waals surface area contributed by atoms with Gasteiger partial charge in [0.2, 0.25) is 0 Å². The summed E-state index contributed by atoms with van der Waals surface area (Å²) in [6.07, 6.45) is 5.24. The molecule has 74 valence electrons. The Balaban J connectivity index is 2.24. The van der Waals surface area contributed by atoms with Crippen LogP contribution >= 0.6 is 15.9 Å². The van der Waals surface area contributed by atoms with E-state index >= 15 is 0 Å². The fourth-order valence-corrected chi connectivity index (χ4v) is 3.27. The van der Waals surface area contributed by atoms with Gasteiger partial charge in [-0.2, -0.15) is 0 Å². The Morgan fingerprint density at radius 2 is 2.07 bits per heavy atom. The average Bonchev–Trinajstić information content (AvgIpc) is 2.85. The smallest absolute Gasteiger partial charge is 0.122 e. The Bertz CT molecular complexity index is 394. The molecule has 0 atom stereocenters. The molecule has 1 aromatic rings. The van der Waals surface area contributed by atoms with E-state index in [4.69, 9.17) is 4.74 Å². The van der Waals surface area contributed by atoms with E-state index in [9.17, 15) is 0 Å². The maximum Gasteiger partial charge on any atom is 0.122 e. The van der Waals surface area contributed by atoms with Gasteiger partial charge < -0.3 is 4.74 Å². The van der Waals surface area contributed by atoms with Gasteiger partial charge in [0.25, 0.3) is 0 Å². The highest BCUT2D eigenvalue weighted by Gasteiger charge is 2.50. The van der Waals surface area contributed by atoms with Gasteiger partial charge in [-0.05, 0) is 48.8 Å². The highest BCUT2D eigenvalue weighted by Crippen LogP contribution is 2.60. The predicted octanol–water partition coefficient (Wildman–Crippen LogP) is 3.44. The first-order valence-electron chi connectivity index (χ1n) is 5.13. The molecule has 1 nitrogen and oxygen atoms in total. The summed E-state index contributed by atoms with van der Waals surface area (Å²) in [5, 5.41) is 0. The number of hydrogen-bond acceptors (Lipinski definition) is 1. The maximum absolute atomic E-state index is 5.47. The van der Waals surface area contributed by atoms with Gasteiger partial charge in [0.15, 0.2) is 0 Å². The number of rotatable bonds is 1. The van der Waals surface area contributed by atoms with Crippen LogP contribution in [0.25, 0.3) is 0 Å². The van der Waals surface area contributed by atoms with Crippen LogP contribution in [0.4, 0.5) is 0 Å². The molecule has 1 aromatic carbocycles. The lowest BCUT2D eigenvalue weighted by atomic mass is 9.97. The minimum atomic E-state index is 0.504. The van der Waals surface area contributed by atoms with Gasteiger partial charge in [0.05, 0.1) is 7.11 Å². The van der Waals surface area contributed by atoms with E-state index in [0.717, 1.165) is 5.75 Å². The lowest BCUT2D eigenvalue weighted by Gasteiger charge is -2.13. The average molecular weight is 253 g/mol. The zero-order chi connectivity index (χ0) is 9.76. The number of hydrogen-bond donors (Lipinski definition) is 0. The van der Waals surface area contributed by atoms with Crippen LogP contribution in [0.15, 0.2) is 16.6 Å². The fourth-order valence-electron chi connectivity index (χ4n) is 2.74. The molecule has 1 fully saturated rings. The zero-order valence-corrected chi connectivity index (χ0v) is 9.86. The first-order valence-corrected chi connectivity index (χ1v) is 5.92. The van der Waals surface area contributed by atoms with Crippen LogP contribution in [0.3, 0.4) is 0 Å². The monoisotopic (exact) mass is 252 g/mol. The summed E-state index contributed by atoms with van der Waals surface area (Å²) in [6.45, 7) is 0. The van der Waals surface area contributed by atoms with Crippen LogP contribution < -0.4 is 4.74 Å². The molecule has 0 radical (unpaired) electrons. The number of ether oxygens (including phenoxy) is 1. The van der Waals surface area contributed by atoms with E-state index in [0.29, 0.717) is 5.41 Å². The highest BCUT2D eigenvalue weighted by molar-refractivity contribution is 9.10. The molecule has 2 aliphatic carbocycles. The molecule has 0 aliphatic heterocycles. The third-order valence-electron chi connectivity index (χ3n) is 3.67. The molecule has 3 rings (SSSR count). The topological polar surface area (TPSA) is 9.23 Å². The van der Waals surface area contributed by atoms with Gasteiger partial charge in [0.1, 0.15) is 5.75 Å². The normalized spacial score (nSPS) is 21.0. The van der Waals surface area contributed by atoms with Crippen molar-refractivity contribution in [3.63, 3.8) is 0 Å². The highest BCUT2D eigenvalue weighted by atomic mass is 79.9. The quantitative estimate of drug-likeness (QED) is 0.745. The second-order valence-corrected chi connectivity index (χ2v) is 5.24. The van der Waals surface area contributed by atoms with Crippen LogP contribution in [0, 0.1) is 0 Å². The van der Waals surface area contributed by atoms with Crippen molar-refractivity contribution in [3.05, 3.63) is 27.7 Å². The van der Waals surface area contributed by atoms with E-state index in [1.165, 1.54) is 41.3 Å². The van der Waals surface area contributed by atoms with Crippen molar-refractivity contribution in [1.29, 1.82) is 0 Å². The molecule has 0 heterocycles. The first kappa shape index (κ1) is 8.78.